The predicted octanol–water partition coefficient (Wildman–Crippen LogP) is 1.22. The molecule has 0 saturated heterocycles. The normalized spacial score (nSPS) is 11.0. The van der Waals surface area contributed by atoms with E-state index < -0.39 is 0 Å². The van der Waals surface area contributed by atoms with E-state index in [9.17, 15) is 0 Å². The molecule has 0 saturated carbocycles. The first kappa shape index (κ1) is 20.8. The van der Waals surface area contributed by atoms with Gasteiger partial charge in [0.25, 0.3) is 0 Å². The van der Waals surface area contributed by atoms with E-state index in [1.807, 2.05) is 11.5 Å². The molecule has 1 heterocycles. The number of methoxy groups -OCH3 is 1. The standard InChI is InChI=1S/C14H26N6O.HI/c1-5-13-19-18-11-20(13)8-6-15-14(16-7-9-21-4)17-10-12(2)3;/h11H,2,5-10H2,1,3-4H3,(H2,15,16,17);1H. The molecule has 0 fully saturated rings. The van der Waals surface area contributed by atoms with Crippen LogP contribution >= 0.6 is 24.0 Å². The van der Waals surface area contributed by atoms with Crippen molar-refractivity contribution >= 4 is 29.9 Å². The Kier molecular flexibility index (Phi) is 11.7. The minimum Gasteiger partial charge on any atom is -0.383 e. The van der Waals surface area contributed by atoms with Gasteiger partial charge in [0, 0.05) is 33.2 Å². The van der Waals surface area contributed by atoms with Gasteiger partial charge in [-0.3, -0.25) is 0 Å². The van der Waals surface area contributed by atoms with Gasteiger partial charge in [-0.1, -0.05) is 19.1 Å². The first-order valence-corrected chi connectivity index (χ1v) is 7.19. The first-order valence-electron chi connectivity index (χ1n) is 7.19. The van der Waals surface area contributed by atoms with Gasteiger partial charge >= 0.3 is 0 Å². The van der Waals surface area contributed by atoms with Crippen molar-refractivity contribution < 1.29 is 4.74 Å². The van der Waals surface area contributed by atoms with Crippen molar-refractivity contribution in [2.24, 2.45) is 4.99 Å². The molecule has 1 rings (SSSR count). The van der Waals surface area contributed by atoms with Crippen LogP contribution in [0.25, 0.3) is 0 Å². The lowest BCUT2D eigenvalue weighted by Crippen LogP contribution is -2.40. The van der Waals surface area contributed by atoms with Gasteiger partial charge in [0.15, 0.2) is 5.96 Å². The van der Waals surface area contributed by atoms with E-state index in [0.717, 1.165) is 36.9 Å². The van der Waals surface area contributed by atoms with Crippen LogP contribution in [0.1, 0.15) is 19.7 Å². The maximum Gasteiger partial charge on any atom is 0.191 e. The van der Waals surface area contributed by atoms with E-state index in [-0.39, 0.29) is 24.0 Å². The SMILES string of the molecule is C=C(C)CN=C(NCCOC)NCCn1cnnc1CC.I. The van der Waals surface area contributed by atoms with Gasteiger partial charge in [-0.05, 0) is 6.92 Å². The molecule has 8 heteroatoms. The summed E-state index contributed by atoms with van der Waals surface area (Å²) in [6.45, 7) is 11.4. The highest BCUT2D eigenvalue weighted by atomic mass is 127. The van der Waals surface area contributed by atoms with Crippen molar-refractivity contribution in [2.45, 2.75) is 26.8 Å². The Morgan fingerprint density at radius 3 is 2.77 bits per heavy atom. The summed E-state index contributed by atoms with van der Waals surface area (Å²) >= 11 is 0. The highest BCUT2D eigenvalue weighted by Gasteiger charge is 2.02. The summed E-state index contributed by atoms with van der Waals surface area (Å²) in [4.78, 5) is 4.46. The van der Waals surface area contributed by atoms with Crippen LogP contribution < -0.4 is 10.6 Å². The van der Waals surface area contributed by atoms with Crippen molar-refractivity contribution in [3.63, 3.8) is 0 Å². The molecule has 0 atom stereocenters. The average molecular weight is 422 g/mol. The average Bonchev–Trinajstić information content (AvgIpc) is 2.91. The minimum atomic E-state index is 0. The van der Waals surface area contributed by atoms with Gasteiger partial charge in [0.05, 0.1) is 13.2 Å². The van der Waals surface area contributed by atoms with Crippen LogP contribution in [0.5, 0.6) is 0 Å². The van der Waals surface area contributed by atoms with Crippen LogP contribution in [0.4, 0.5) is 0 Å². The first-order chi connectivity index (χ1) is 10.2. The lowest BCUT2D eigenvalue weighted by atomic mass is 10.4. The van der Waals surface area contributed by atoms with Crippen LogP contribution in [0.15, 0.2) is 23.5 Å². The fourth-order valence-corrected chi connectivity index (χ4v) is 1.69. The zero-order valence-corrected chi connectivity index (χ0v) is 16.0. The van der Waals surface area contributed by atoms with Crippen molar-refractivity contribution in [3.05, 3.63) is 24.3 Å². The molecule has 0 unspecified atom stereocenters. The van der Waals surface area contributed by atoms with Gasteiger partial charge in [-0.15, -0.1) is 34.2 Å². The molecule has 0 amide bonds. The lowest BCUT2D eigenvalue weighted by Gasteiger charge is -2.13. The molecule has 0 aliphatic rings. The second-order valence-corrected chi connectivity index (χ2v) is 4.76. The van der Waals surface area contributed by atoms with Gasteiger partial charge in [-0.2, -0.15) is 0 Å². The number of aliphatic imine (C=N–C) groups is 1. The maximum absolute atomic E-state index is 5.03. The maximum atomic E-state index is 5.03. The molecule has 126 valence electrons. The summed E-state index contributed by atoms with van der Waals surface area (Å²) in [6, 6.07) is 0. The number of ether oxygens (including phenoxy) is 1. The van der Waals surface area contributed by atoms with E-state index >= 15 is 0 Å². The highest BCUT2D eigenvalue weighted by Crippen LogP contribution is 1.94. The number of hydrogen-bond acceptors (Lipinski definition) is 4. The number of aromatic nitrogens is 3. The van der Waals surface area contributed by atoms with Gasteiger partial charge < -0.3 is 19.9 Å². The molecule has 2 N–H and O–H groups in total. The zero-order valence-electron chi connectivity index (χ0n) is 13.6. The molecular weight excluding hydrogens is 395 g/mol. The number of halogens is 1. The summed E-state index contributed by atoms with van der Waals surface area (Å²) in [7, 11) is 1.68. The number of nitrogens with zero attached hydrogens (tertiary/aromatic N) is 4. The summed E-state index contributed by atoms with van der Waals surface area (Å²) < 4.78 is 7.07. The largest absolute Gasteiger partial charge is 0.383 e. The second kappa shape index (κ2) is 12.4. The molecule has 1 aromatic heterocycles. The Hall–Kier alpha value is -1.16. The molecule has 22 heavy (non-hydrogen) atoms. The smallest absolute Gasteiger partial charge is 0.191 e. The van der Waals surface area contributed by atoms with Crippen molar-refractivity contribution in [2.75, 3.05) is 33.4 Å². The molecule has 0 radical (unpaired) electrons. The zero-order chi connectivity index (χ0) is 15.5. The lowest BCUT2D eigenvalue weighted by molar-refractivity contribution is 0.203. The van der Waals surface area contributed by atoms with Crippen LogP contribution in [0.2, 0.25) is 0 Å². The van der Waals surface area contributed by atoms with Crippen LogP contribution in [0.3, 0.4) is 0 Å². The monoisotopic (exact) mass is 422 g/mol. The predicted molar refractivity (Wildman–Crippen MR) is 99.8 cm³/mol. The molecule has 0 aromatic carbocycles. The molecule has 0 aliphatic heterocycles. The number of hydrogen-bond donors (Lipinski definition) is 2. The Morgan fingerprint density at radius 1 is 1.41 bits per heavy atom. The Balaban J connectivity index is 0.00000441. The number of guanidine groups is 1. The van der Waals surface area contributed by atoms with E-state index in [0.29, 0.717) is 19.7 Å². The Labute approximate surface area is 149 Å². The number of nitrogens with one attached hydrogen (secondary N) is 2. The van der Waals surface area contributed by atoms with Crippen LogP contribution in [0, 0.1) is 0 Å². The second-order valence-electron chi connectivity index (χ2n) is 4.76. The van der Waals surface area contributed by atoms with Crippen LogP contribution in [-0.4, -0.2) is 54.1 Å². The number of aryl methyl sites for hydroxylation is 1. The summed E-state index contributed by atoms with van der Waals surface area (Å²) in [5, 5.41) is 14.5. The third kappa shape index (κ3) is 8.32. The van der Waals surface area contributed by atoms with Crippen molar-refractivity contribution in [3.8, 4) is 0 Å². The minimum absolute atomic E-state index is 0. The topological polar surface area (TPSA) is 76.4 Å². The molecular formula is C14H27IN6O. The van der Waals surface area contributed by atoms with Crippen molar-refractivity contribution in [1.82, 2.24) is 25.4 Å². The fraction of sp³-hybridized carbons (Fsp3) is 0.643. The molecule has 0 aliphatic carbocycles. The van der Waals surface area contributed by atoms with E-state index in [1.165, 1.54) is 0 Å². The molecule has 7 nitrogen and oxygen atoms in total. The molecule has 1 aromatic rings. The highest BCUT2D eigenvalue weighted by molar-refractivity contribution is 14.0. The van der Waals surface area contributed by atoms with E-state index in [1.54, 1.807) is 13.4 Å². The Morgan fingerprint density at radius 2 is 2.14 bits per heavy atom. The van der Waals surface area contributed by atoms with Gasteiger partial charge in [-0.25, -0.2) is 4.99 Å². The number of rotatable bonds is 9. The van der Waals surface area contributed by atoms with Crippen LogP contribution in [-0.2, 0) is 17.7 Å². The summed E-state index contributed by atoms with van der Waals surface area (Å²) in [6.07, 6.45) is 2.63. The van der Waals surface area contributed by atoms with E-state index in [2.05, 4.69) is 39.3 Å². The van der Waals surface area contributed by atoms with E-state index in [4.69, 9.17) is 4.74 Å². The van der Waals surface area contributed by atoms with Gasteiger partial charge in [0.1, 0.15) is 12.2 Å². The third-order valence-electron chi connectivity index (χ3n) is 2.76. The fourth-order valence-electron chi connectivity index (χ4n) is 1.69. The van der Waals surface area contributed by atoms with Crippen molar-refractivity contribution in [1.29, 1.82) is 0 Å². The third-order valence-corrected chi connectivity index (χ3v) is 2.76. The van der Waals surface area contributed by atoms with Gasteiger partial charge in [0.2, 0.25) is 0 Å². The Bertz CT molecular complexity index is 460. The molecule has 0 bridgehead atoms. The summed E-state index contributed by atoms with van der Waals surface area (Å²) in [5.41, 5.74) is 1.02. The quantitative estimate of drug-likeness (QED) is 0.206. The summed E-state index contributed by atoms with van der Waals surface area (Å²) in [5.74, 6) is 1.76. The molecule has 0 spiro atoms.